The van der Waals surface area contributed by atoms with Crippen LogP contribution in [-0.2, 0) is 16.1 Å². The van der Waals surface area contributed by atoms with Crippen molar-refractivity contribution in [3.63, 3.8) is 0 Å². The third kappa shape index (κ3) is 5.72. The van der Waals surface area contributed by atoms with Gasteiger partial charge in [0.05, 0.1) is 30.0 Å². The third-order valence-corrected chi connectivity index (χ3v) is 5.41. The standard InChI is InChI=1S/C29H29NO5/c1-4-33-28(31)23-12-8-11-22(15-23)27-17-24-16-25(34-19-21-9-6-5-7-10-21)13-14-26(24)30(27)29(32)35-18-20(2)3/h5-17,20H,4,18-19H2,1-3H3. The molecule has 0 atom stereocenters. The van der Waals surface area contributed by atoms with Crippen LogP contribution in [0.4, 0.5) is 4.79 Å². The number of esters is 1. The Kier molecular flexibility index (Phi) is 7.51. The second-order valence-electron chi connectivity index (χ2n) is 8.63. The van der Waals surface area contributed by atoms with Crippen molar-refractivity contribution in [1.82, 2.24) is 4.57 Å². The van der Waals surface area contributed by atoms with E-state index in [0.717, 1.165) is 10.9 Å². The molecule has 0 aliphatic heterocycles. The summed E-state index contributed by atoms with van der Waals surface area (Å²) >= 11 is 0. The van der Waals surface area contributed by atoms with Gasteiger partial charge >= 0.3 is 12.1 Å². The van der Waals surface area contributed by atoms with Crippen molar-refractivity contribution < 1.29 is 23.8 Å². The molecule has 1 aromatic heterocycles. The van der Waals surface area contributed by atoms with Gasteiger partial charge < -0.3 is 14.2 Å². The fraction of sp³-hybridized carbons (Fsp3) is 0.241. The maximum Gasteiger partial charge on any atom is 0.418 e. The minimum Gasteiger partial charge on any atom is -0.489 e. The molecule has 0 bridgehead atoms. The summed E-state index contributed by atoms with van der Waals surface area (Å²) in [6, 6.07) is 24.5. The summed E-state index contributed by atoms with van der Waals surface area (Å²) in [6.45, 7) is 6.78. The van der Waals surface area contributed by atoms with Gasteiger partial charge in [0, 0.05) is 5.39 Å². The molecule has 0 N–H and O–H groups in total. The Morgan fingerprint density at radius 2 is 1.69 bits per heavy atom. The first kappa shape index (κ1) is 24.1. The Morgan fingerprint density at radius 1 is 0.886 bits per heavy atom. The first-order valence-corrected chi connectivity index (χ1v) is 11.7. The Hall–Kier alpha value is -4.06. The van der Waals surface area contributed by atoms with E-state index in [4.69, 9.17) is 14.2 Å². The highest BCUT2D eigenvalue weighted by atomic mass is 16.5. The highest BCUT2D eigenvalue weighted by Gasteiger charge is 2.20. The van der Waals surface area contributed by atoms with E-state index in [9.17, 15) is 9.59 Å². The monoisotopic (exact) mass is 471 g/mol. The fourth-order valence-electron chi connectivity index (χ4n) is 3.76. The highest BCUT2D eigenvalue weighted by molar-refractivity contribution is 5.98. The molecule has 0 fully saturated rings. The maximum atomic E-state index is 13.2. The molecule has 0 amide bonds. The van der Waals surface area contributed by atoms with E-state index in [1.54, 1.807) is 29.7 Å². The zero-order chi connectivity index (χ0) is 24.8. The van der Waals surface area contributed by atoms with Crippen LogP contribution in [-0.4, -0.2) is 29.8 Å². The van der Waals surface area contributed by atoms with E-state index in [2.05, 4.69) is 0 Å². The molecule has 0 unspecified atom stereocenters. The Bertz CT molecular complexity index is 1320. The third-order valence-electron chi connectivity index (χ3n) is 5.41. The number of rotatable bonds is 8. The van der Waals surface area contributed by atoms with Crippen molar-refractivity contribution in [1.29, 1.82) is 0 Å². The summed E-state index contributed by atoms with van der Waals surface area (Å²) in [5.74, 6) is 0.492. The SMILES string of the molecule is CCOC(=O)c1cccc(-c2cc3cc(OCc4ccccc4)ccc3n2C(=O)OCC(C)C)c1. The van der Waals surface area contributed by atoms with Crippen LogP contribution in [0.15, 0.2) is 78.9 Å². The molecule has 0 saturated heterocycles. The first-order valence-electron chi connectivity index (χ1n) is 11.7. The topological polar surface area (TPSA) is 66.8 Å². The minimum atomic E-state index is -0.469. The fourth-order valence-corrected chi connectivity index (χ4v) is 3.76. The molecule has 3 aromatic carbocycles. The average Bonchev–Trinajstić information content (AvgIpc) is 3.26. The van der Waals surface area contributed by atoms with Crippen molar-refractivity contribution in [3.05, 3.63) is 90.0 Å². The van der Waals surface area contributed by atoms with Crippen LogP contribution in [0.2, 0.25) is 0 Å². The first-order chi connectivity index (χ1) is 17.0. The average molecular weight is 472 g/mol. The molecule has 0 radical (unpaired) electrons. The van der Waals surface area contributed by atoms with Crippen molar-refractivity contribution in [2.45, 2.75) is 27.4 Å². The van der Waals surface area contributed by atoms with Gasteiger partial charge in [0.25, 0.3) is 0 Å². The molecule has 35 heavy (non-hydrogen) atoms. The summed E-state index contributed by atoms with van der Waals surface area (Å²) in [6.07, 6.45) is -0.469. The van der Waals surface area contributed by atoms with Crippen molar-refractivity contribution in [2.75, 3.05) is 13.2 Å². The van der Waals surface area contributed by atoms with Gasteiger partial charge in [-0.2, -0.15) is 0 Å². The summed E-state index contributed by atoms with van der Waals surface area (Å²) in [5.41, 5.74) is 3.52. The molecule has 1 heterocycles. The minimum absolute atomic E-state index is 0.203. The lowest BCUT2D eigenvalue weighted by atomic mass is 10.1. The van der Waals surface area contributed by atoms with Gasteiger partial charge in [-0.05, 0) is 60.4 Å². The lowest BCUT2D eigenvalue weighted by Gasteiger charge is -2.13. The molecule has 4 aromatic rings. The maximum absolute atomic E-state index is 13.2. The summed E-state index contributed by atoms with van der Waals surface area (Å²) in [4.78, 5) is 25.4. The van der Waals surface area contributed by atoms with Crippen LogP contribution < -0.4 is 4.74 Å². The Balaban J connectivity index is 1.73. The number of fused-ring (bicyclic) bond motifs is 1. The number of ether oxygens (including phenoxy) is 3. The van der Waals surface area contributed by atoms with Crippen LogP contribution in [0.3, 0.4) is 0 Å². The summed E-state index contributed by atoms with van der Waals surface area (Å²) < 4.78 is 18.2. The van der Waals surface area contributed by atoms with Gasteiger partial charge in [0.15, 0.2) is 0 Å². The molecule has 4 rings (SSSR count). The molecule has 0 spiro atoms. The Morgan fingerprint density at radius 3 is 2.43 bits per heavy atom. The van der Waals surface area contributed by atoms with E-state index in [0.29, 0.717) is 41.3 Å². The molecular formula is C29H29NO5. The van der Waals surface area contributed by atoms with Crippen LogP contribution in [0.1, 0.15) is 36.7 Å². The Labute approximate surface area is 205 Å². The van der Waals surface area contributed by atoms with Crippen LogP contribution in [0, 0.1) is 5.92 Å². The number of aromatic nitrogens is 1. The molecule has 6 heteroatoms. The largest absolute Gasteiger partial charge is 0.489 e. The molecule has 0 saturated carbocycles. The summed E-state index contributed by atoms with van der Waals surface area (Å²) in [5, 5.41) is 0.827. The van der Waals surface area contributed by atoms with E-state index in [1.807, 2.05) is 74.5 Å². The normalized spacial score (nSPS) is 11.0. The lowest BCUT2D eigenvalue weighted by molar-refractivity contribution is 0.0526. The van der Waals surface area contributed by atoms with Crippen molar-refractivity contribution in [2.24, 2.45) is 5.92 Å². The van der Waals surface area contributed by atoms with E-state index >= 15 is 0 Å². The smallest absolute Gasteiger partial charge is 0.418 e. The zero-order valence-electron chi connectivity index (χ0n) is 20.2. The van der Waals surface area contributed by atoms with Crippen molar-refractivity contribution >= 4 is 23.0 Å². The highest BCUT2D eigenvalue weighted by Crippen LogP contribution is 2.32. The predicted molar refractivity (Wildman–Crippen MR) is 136 cm³/mol. The molecule has 0 aliphatic carbocycles. The van der Waals surface area contributed by atoms with E-state index in [-0.39, 0.29) is 12.5 Å². The van der Waals surface area contributed by atoms with Gasteiger partial charge in [0.2, 0.25) is 0 Å². The number of hydrogen-bond acceptors (Lipinski definition) is 5. The number of hydrogen-bond donors (Lipinski definition) is 0. The van der Waals surface area contributed by atoms with E-state index < -0.39 is 12.1 Å². The number of carbonyl (C=O) groups excluding carboxylic acids is 2. The van der Waals surface area contributed by atoms with Gasteiger partial charge in [-0.3, -0.25) is 0 Å². The second-order valence-corrected chi connectivity index (χ2v) is 8.63. The van der Waals surface area contributed by atoms with E-state index in [1.165, 1.54) is 0 Å². The van der Waals surface area contributed by atoms with Crippen LogP contribution >= 0.6 is 0 Å². The molecule has 6 nitrogen and oxygen atoms in total. The predicted octanol–water partition coefficient (Wildman–Crippen LogP) is 6.70. The number of carbonyl (C=O) groups is 2. The van der Waals surface area contributed by atoms with Gasteiger partial charge in [0.1, 0.15) is 12.4 Å². The molecule has 0 aliphatic rings. The quantitative estimate of drug-likeness (QED) is 0.267. The zero-order valence-corrected chi connectivity index (χ0v) is 20.2. The molecule has 180 valence electrons. The number of nitrogens with zero attached hydrogens (tertiary/aromatic N) is 1. The summed E-state index contributed by atoms with van der Waals surface area (Å²) in [7, 11) is 0. The molecular weight excluding hydrogens is 442 g/mol. The van der Waals surface area contributed by atoms with Crippen LogP contribution in [0.5, 0.6) is 5.75 Å². The van der Waals surface area contributed by atoms with Crippen LogP contribution in [0.25, 0.3) is 22.2 Å². The van der Waals surface area contributed by atoms with Gasteiger partial charge in [-0.15, -0.1) is 0 Å². The van der Waals surface area contributed by atoms with Crippen molar-refractivity contribution in [3.8, 4) is 17.0 Å². The van der Waals surface area contributed by atoms with Gasteiger partial charge in [-0.25, -0.2) is 14.2 Å². The van der Waals surface area contributed by atoms with Gasteiger partial charge in [-0.1, -0.05) is 56.3 Å². The number of benzene rings is 3. The second kappa shape index (κ2) is 10.9. The lowest BCUT2D eigenvalue weighted by Crippen LogP contribution is -2.17.